The van der Waals surface area contributed by atoms with Crippen LogP contribution in [-0.4, -0.2) is 33.0 Å². The molecule has 0 saturated carbocycles. The average Bonchev–Trinajstić information content (AvgIpc) is 3.09. The molecule has 0 aliphatic carbocycles. The van der Waals surface area contributed by atoms with E-state index in [1.54, 1.807) is 7.11 Å². The molecule has 0 radical (unpaired) electrons. The molecular formula is C20H19F2N3O4S2. The Kier molecular flexibility index (Phi) is 6.98. The van der Waals surface area contributed by atoms with Crippen LogP contribution in [0.1, 0.15) is 11.3 Å². The number of rotatable bonds is 8. The maximum atomic E-state index is 13.3. The van der Waals surface area contributed by atoms with Crippen LogP contribution in [0.2, 0.25) is 0 Å². The zero-order valence-corrected chi connectivity index (χ0v) is 18.2. The number of nitrogens with zero attached hydrogens (tertiary/aromatic N) is 1. The SMILES string of the molecule is COc1ccc(-c2nc(NC(=O)CCNS(=O)(=O)c3ccc(F)c(F)c3)sc2C)cc1. The molecule has 1 amide bonds. The number of ether oxygens (including phenoxy) is 1. The Balaban J connectivity index is 1.58. The van der Waals surface area contributed by atoms with Crippen molar-refractivity contribution in [3.05, 3.63) is 59.0 Å². The number of hydrogen-bond acceptors (Lipinski definition) is 6. The summed E-state index contributed by atoms with van der Waals surface area (Å²) in [6.07, 6.45) is -0.167. The van der Waals surface area contributed by atoms with Crippen molar-refractivity contribution >= 4 is 32.4 Å². The molecule has 0 aliphatic rings. The lowest BCUT2D eigenvalue weighted by Gasteiger charge is -2.07. The van der Waals surface area contributed by atoms with E-state index in [0.29, 0.717) is 11.2 Å². The van der Waals surface area contributed by atoms with Crippen molar-refractivity contribution in [2.45, 2.75) is 18.2 Å². The second-order valence-electron chi connectivity index (χ2n) is 6.42. The standard InChI is InChI=1S/C20H19F2N3O4S2/c1-12-19(13-3-5-14(29-2)6-4-13)25-20(30-12)24-18(26)9-10-23-31(27,28)15-7-8-16(21)17(22)11-15/h3-8,11,23H,9-10H2,1-2H3,(H,24,25,26). The minimum Gasteiger partial charge on any atom is -0.497 e. The zero-order valence-electron chi connectivity index (χ0n) is 16.6. The summed E-state index contributed by atoms with van der Waals surface area (Å²) in [6, 6.07) is 9.59. The van der Waals surface area contributed by atoms with Gasteiger partial charge >= 0.3 is 0 Å². The smallest absolute Gasteiger partial charge is 0.240 e. The van der Waals surface area contributed by atoms with Crippen molar-refractivity contribution in [3.8, 4) is 17.0 Å². The third kappa shape index (κ3) is 5.63. The van der Waals surface area contributed by atoms with Gasteiger partial charge in [0.25, 0.3) is 0 Å². The average molecular weight is 468 g/mol. The van der Waals surface area contributed by atoms with Crippen LogP contribution in [0.15, 0.2) is 47.4 Å². The van der Waals surface area contributed by atoms with Gasteiger partial charge < -0.3 is 10.1 Å². The number of nitrogens with one attached hydrogen (secondary N) is 2. The molecule has 31 heavy (non-hydrogen) atoms. The lowest BCUT2D eigenvalue weighted by Crippen LogP contribution is -2.28. The maximum absolute atomic E-state index is 13.3. The van der Waals surface area contributed by atoms with Gasteiger partial charge in [0, 0.05) is 23.4 Å². The van der Waals surface area contributed by atoms with Crippen LogP contribution >= 0.6 is 11.3 Å². The molecule has 3 rings (SSSR count). The largest absolute Gasteiger partial charge is 0.497 e. The van der Waals surface area contributed by atoms with Gasteiger partial charge in [-0.25, -0.2) is 26.9 Å². The first-order chi connectivity index (χ1) is 14.7. The Morgan fingerprint density at radius 3 is 2.48 bits per heavy atom. The molecule has 3 aromatic rings. The molecule has 2 N–H and O–H groups in total. The van der Waals surface area contributed by atoms with Crippen molar-refractivity contribution in [3.63, 3.8) is 0 Å². The number of methoxy groups -OCH3 is 1. The third-order valence-corrected chi connectivity index (χ3v) is 6.60. The number of carbonyl (C=O) groups excluding carboxylic acids is 1. The number of anilines is 1. The van der Waals surface area contributed by atoms with Crippen LogP contribution in [0.3, 0.4) is 0 Å². The Hall–Kier alpha value is -2.89. The van der Waals surface area contributed by atoms with Crippen LogP contribution < -0.4 is 14.8 Å². The van der Waals surface area contributed by atoms with E-state index in [1.807, 2.05) is 31.2 Å². The van der Waals surface area contributed by atoms with Crippen molar-refractivity contribution in [2.75, 3.05) is 19.0 Å². The second kappa shape index (κ2) is 9.50. The number of hydrogen-bond donors (Lipinski definition) is 2. The maximum Gasteiger partial charge on any atom is 0.240 e. The minimum atomic E-state index is -4.07. The predicted molar refractivity (Wildman–Crippen MR) is 114 cm³/mol. The highest BCUT2D eigenvalue weighted by molar-refractivity contribution is 7.89. The molecule has 0 atom stereocenters. The fourth-order valence-corrected chi connectivity index (χ4v) is 4.57. The second-order valence-corrected chi connectivity index (χ2v) is 9.39. The van der Waals surface area contributed by atoms with E-state index in [9.17, 15) is 22.0 Å². The van der Waals surface area contributed by atoms with E-state index in [4.69, 9.17) is 4.74 Å². The van der Waals surface area contributed by atoms with Crippen molar-refractivity contribution in [1.82, 2.24) is 9.71 Å². The van der Waals surface area contributed by atoms with Crippen LogP contribution in [-0.2, 0) is 14.8 Å². The highest BCUT2D eigenvalue weighted by Crippen LogP contribution is 2.31. The Labute approximate surface area is 182 Å². The first-order valence-corrected chi connectivity index (χ1v) is 11.4. The fourth-order valence-electron chi connectivity index (χ4n) is 2.67. The molecule has 0 saturated heterocycles. The zero-order chi connectivity index (χ0) is 22.6. The topological polar surface area (TPSA) is 97.4 Å². The van der Waals surface area contributed by atoms with Crippen LogP contribution in [0.5, 0.6) is 5.75 Å². The summed E-state index contributed by atoms with van der Waals surface area (Å²) >= 11 is 1.30. The van der Waals surface area contributed by atoms with Crippen LogP contribution in [0.4, 0.5) is 13.9 Å². The van der Waals surface area contributed by atoms with Gasteiger partial charge in [-0.05, 0) is 49.4 Å². The quantitative estimate of drug-likeness (QED) is 0.526. The molecular weight excluding hydrogens is 448 g/mol. The van der Waals surface area contributed by atoms with Gasteiger partial charge in [0.2, 0.25) is 15.9 Å². The number of carbonyl (C=O) groups is 1. The summed E-state index contributed by atoms with van der Waals surface area (Å²) in [4.78, 5) is 17.1. The Bertz CT molecular complexity index is 1200. The van der Waals surface area contributed by atoms with Gasteiger partial charge in [-0.3, -0.25) is 4.79 Å². The number of thiazole rings is 1. The number of benzene rings is 2. The van der Waals surface area contributed by atoms with E-state index in [0.717, 1.165) is 34.0 Å². The van der Waals surface area contributed by atoms with Gasteiger partial charge in [-0.1, -0.05) is 0 Å². The minimum absolute atomic E-state index is 0.167. The van der Waals surface area contributed by atoms with Gasteiger partial charge in [-0.15, -0.1) is 11.3 Å². The molecule has 11 heteroatoms. The highest BCUT2D eigenvalue weighted by atomic mass is 32.2. The third-order valence-electron chi connectivity index (χ3n) is 4.25. The molecule has 0 aliphatic heterocycles. The summed E-state index contributed by atoms with van der Waals surface area (Å²) in [5.74, 6) is -2.14. The first kappa shape index (κ1) is 22.8. The Morgan fingerprint density at radius 2 is 1.84 bits per heavy atom. The van der Waals surface area contributed by atoms with E-state index < -0.39 is 32.5 Å². The van der Waals surface area contributed by atoms with E-state index in [2.05, 4.69) is 15.0 Å². The van der Waals surface area contributed by atoms with Gasteiger partial charge in [0.15, 0.2) is 16.8 Å². The number of amides is 1. The van der Waals surface area contributed by atoms with Crippen molar-refractivity contribution < 1.29 is 26.7 Å². The lowest BCUT2D eigenvalue weighted by molar-refractivity contribution is -0.116. The molecule has 7 nitrogen and oxygen atoms in total. The van der Waals surface area contributed by atoms with Crippen molar-refractivity contribution in [1.29, 1.82) is 0 Å². The first-order valence-electron chi connectivity index (χ1n) is 9.06. The van der Waals surface area contributed by atoms with Gasteiger partial charge in [0.1, 0.15) is 5.75 Å². The monoisotopic (exact) mass is 467 g/mol. The van der Waals surface area contributed by atoms with Crippen LogP contribution in [0.25, 0.3) is 11.3 Å². The summed E-state index contributed by atoms with van der Waals surface area (Å²) in [6.45, 7) is 1.66. The number of sulfonamides is 1. The predicted octanol–water partition coefficient (Wildman–Crippen LogP) is 3.71. The molecule has 1 heterocycles. The molecule has 0 fully saturated rings. The summed E-state index contributed by atoms with van der Waals surface area (Å²) in [5.41, 5.74) is 1.59. The number of aromatic nitrogens is 1. The summed E-state index contributed by atoms with van der Waals surface area (Å²) < 4.78 is 57.8. The highest BCUT2D eigenvalue weighted by Gasteiger charge is 2.17. The normalized spacial score (nSPS) is 11.4. The summed E-state index contributed by atoms with van der Waals surface area (Å²) in [5, 5.41) is 3.02. The van der Waals surface area contributed by atoms with E-state index in [-0.39, 0.29) is 13.0 Å². The van der Waals surface area contributed by atoms with E-state index in [1.165, 1.54) is 11.3 Å². The van der Waals surface area contributed by atoms with Crippen LogP contribution in [0, 0.1) is 18.6 Å². The fraction of sp³-hybridized carbons (Fsp3) is 0.200. The molecule has 0 bridgehead atoms. The molecule has 0 unspecified atom stereocenters. The van der Waals surface area contributed by atoms with Gasteiger partial charge in [0.05, 0.1) is 17.7 Å². The molecule has 0 spiro atoms. The lowest BCUT2D eigenvalue weighted by atomic mass is 10.1. The van der Waals surface area contributed by atoms with Crippen molar-refractivity contribution in [2.24, 2.45) is 0 Å². The number of aryl methyl sites for hydroxylation is 1. The Morgan fingerprint density at radius 1 is 1.13 bits per heavy atom. The van der Waals surface area contributed by atoms with Gasteiger partial charge in [-0.2, -0.15) is 0 Å². The van der Waals surface area contributed by atoms with E-state index >= 15 is 0 Å². The molecule has 1 aromatic heterocycles. The summed E-state index contributed by atoms with van der Waals surface area (Å²) in [7, 11) is -2.49. The molecule has 2 aromatic carbocycles. The molecule has 164 valence electrons. The number of halogens is 2.